The molecule has 2 aliphatic heterocycles. The predicted octanol–water partition coefficient (Wildman–Crippen LogP) is 5.17. The summed E-state index contributed by atoms with van der Waals surface area (Å²) >= 11 is 3.73. The van der Waals surface area contributed by atoms with Crippen LogP contribution in [0.15, 0.2) is 34.8 Å². The molecule has 28 heavy (non-hydrogen) atoms. The second kappa shape index (κ2) is 5.89. The molecule has 6 heteroatoms. The molecule has 144 valence electrons. The van der Waals surface area contributed by atoms with Crippen molar-refractivity contribution in [3.63, 3.8) is 0 Å². The molecule has 0 aromatic heterocycles. The number of hydrogen-bond acceptors (Lipinski definition) is 4. The smallest absolute Gasteiger partial charge is 0.337 e. The van der Waals surface area contributed by atoms with Crippen LogP contribution in [0, 0.1) is 17.8 Å². The molecular formula is C22H20BrNO4. The largest absolute Gasteiger partial charge is 0.478 e. The van der Waals surface area contributed by atoms with Crippen molar-refractivity contribution in [1.82, 2.24) is 0 Å². The van der Waals surface area contributed by atoms with E-state index in [0.717, 1.165) is 27.2 Å². The summed E-state index contributed by atoms with van der Waals surface area (Å²) in [6.45, 7) is 0.242. The number of nitrogens with one attached hydrogen (secondary N) is 1. The van der Waals surface area contributed by atoms with Crippen molar-refractivity contribution in [1.29, 1.82) is 0 Å². The van der Waals surface area contributed by atoms with Gasteiger partial charge in [-0.2, -0.15) is 0 Å². The first-order valence-corrected chi connectivity index (χ1v) is 10.6. The molecule has 0 unspecified atom stereocenters. The number of anilines is 1. The van der Waals surface area contributed by atoms with Gasteiger partial charge < -0.3 is 19.9 Å². The first kappa shape index (κ1) is 16.7. The Kier molecular flexibility index (Phi) is 3.52. The second-order valence-electron chi connectivity index (χ2n) is 8.36. The van der Waals surface area contributed by atoms with Gasteiger partial charge in [-0.3, -0.25) is 0 Å². The van der Waals surface area contributed by atoms with Crippen LogP contribution in [0.1, 0.15) is 52.7 Å². The third kappa shape index (κ3) is 2.21. The zero-order valence-electron chi connectivity index (χ0n) is 15.2. The van der Waals surface area contributed by atoms with Gasteiger partial charge in [0.25, 0.3) is 0 Å². The number of fused-ring (bicyclic) bond motifs is 8. The highest BCUT2D eigenvalue weighted by atomic mass is 79.9. The lowest BCUT2D eigenvalue weighted by molar-refractivity contribution is 0.0697. The van der Waals surface area contributed by atoms with Crippen molar-refractivity contribution in [2.45, 2.75) is 31.2 Å². The monoisotopic (exact) mass is 441 g/mol. The van der Waals surface area contributed by atoms with Crippen LogP contribution in [0.3, 0.4) is 0 Å². The average Bonchev–Trinajstić information content (AvgIpc) is 3.42. The normalized spacial score (nSPS) is 31.2. The molecule has 2 heterocycles. The molecule has 6 rings (SSSR count). The molecule has 0 amide bonds. The second-order valence-corrected chi connectivity index (χ2v) is 9.21. The minimum atomic E-state index is -0.880. The Balaban J connectivity index is 1.53. The molecule has 5 nitrogen and oxygen atoms in total. The first-order valence-electron chi connectivity index (χ1n) is 9.83. The highest BCUT2D eigenvalue weighted by molar-refractivity contribution is 9.10. The van der Waals surface area contributed by atoms with Crippen LogP contribution in [0.4, 0.5) is 5.69 Å². The minimum absolute atomic E-state index is 0.0529. The quantitative estimate of drug-likeness (QED) is 0.672. The van der Waals surface area contributed by atoms with Crippen LogP contribution in [0.2, 0.25) is 0 Å². The van der Waals surface area contributed by atoms with E-state index in [4.69, 9.17) is 9.47 Å². The molecule has 2 aromatic carbocycles. The maximum atomic E-state index is 11.9. The molecule has 2 bridgehead atoms. The average molecular weight is 442 g/mol. The fourth-order valence-electron chi connectivity index (χ4n) is 6.17. The van der Waals surface area contributed by atoms with Crippen molar-refractivity contribution in [3.05, 3.63) is 51.5 Å². The molecule has 4 aliphatic rings. The SMILES string of the molecule is O=C(O)c1cccc2c1N[C@H](c1cc3c(cc1Br)OCO3)[C@@H]1[C@H]3CC[C@@H](C3)[C@@H]21. The number of rotatable bonds is 2. The van der Waals surface area contributed by atoms with E-state index in [1.54, 1.807) is 6.07 Å². The zero-order chi connectivity index (χ0) is 19.0. The summed E-state index contributed by atoms with van der Waals surface area (Å²) in [5.41, 5.74) is 3.46. The minimum Gasteiger partial charge on any atom is -0.478 e. The van der Waals surface area contributed by atoms with Gasteiger partial charge in [-0.1, -0.05) is 28.1 Å². The molecular weight excluding hydrogens is 422 g/mol. The molecule has 2 saturated carbocycles. The Hall–Kier alpha value is -2.21. The Morgan fingerprint density at radius 3 is 2.71 bits per heavy atom. The van der Waals surface area contributed by atoms with Crippen LogP contribution in [0.5, 0.6) is 11.5 Å². The fourth-order valence-corrected chi connectivity index (χ4v) is 6.74. The van der Waals surface area contributed by atoms with E-state index in [0.29, 0.717) is 29.2 Å². The Bertz CT molecular complexity index is 1010. The number of benzene rings is 2. The lowest BCUT2D eigenvalue weighted by Gasteiger charge is -2.44. The van der Waals surface area contributed by atoms with Crippen LogP contribution in [0.25, 0.3) is 0 Å². The zero-order valence-corrected chi connectivity index (χ0v) is 16.7. The first-order chi connectivity index (χ1) is 13.6. The van der Waals surface area contributed by atoms with Crippen molar-refractivity contribution >= 4 is 27.6 Å². The van der Waals surface area contributed by atoms with E-state index < -0.39 is 5.97 Å². The summed E-state index contributed by atoms with van der Waals surface area (Å²) in [7, 11) is 0. The molecule has 2 N–H and O–H groups in total. The van der Waals surface area contributed by atoms with Crippen LogP contribution < -0.4 is 14.8 Å². The van der Waals surface area contributed by atoms with E-state index in [2.05, 4.69) is 33.4 Å². The number of carbonyl (C=O) groups is 1. The lowest BCUT2D eigenvalue weighted by atomic mass is 9.67. The van der Waals surface area contributed by atoms with Gasteiger partial charge in [0.2, 0.25) is 6.79 Å². The van der Waals surface area contributed by atoms with Crippen molar-refractivity contribution < 1.29 is 19.4 Å². The number of ether oxygens (including phenoxy) is 2. The molecule has 0 spiro atoms. The summed E-state index contributed by atoms with van der Waals surface area (Å²) in [4.78, 5) is 11.9. The third-order valence-corrected chi connectivity index (χ3v) is 7.87. The van der Waals surface area contributed by atoms with E-state index >= 15 is 0 Å². The van der Waals surface area contributed by atoms with Crippen LogP contribution >= 0.6 is 15.9 Å². The Labute approximate surface area is 171 Å². The molecule has 2 aliphatic carbocycles. The van der Waals surface area contributed by atoms with Crippen molar-refractivity contribution in [3.8, 4) is 11.5 Å². The summed E-state index contributed by atoms with van der Waals surface area (Å²) in [5.74, 6) is 2.83. The van der Waals surface area contributed by atoms with Gasteiger partial charge in [-0.25, -0.2) is 4.79 Å². The number of carboxylic acids is 1. The molecule has 2 fully saturated rings. The molecule has 2 aromatic rings. The Morgan fingerprint density at radius 2 is 1.89 bits per heavy atom. The van der Waals surface area contributed by atoms with Gasteiger partial charge in [0, 0.05) is 4.47 Å². The lowest BCUT2D eigenvalue weighted by Crippen LogP contribution is -2.36. The van der Waals surface area contributed by atoms with Crippen molar-refractivity contribution in [2.75, 3.05) is 12.1 Å². The predicted molar refractivity (Wildman–Crippen MR) is 107 cm³/mol. The Morgan fingerprint density at radius 1 is 1.11 bits per heavy atom. The summed E-state index contributed by atoms with van der Waals surface area (Å²) in [6, 6.07) is 9.80. The maximum Gasteiger partial charge on any atom is 0.337 e. The van der Waals surface area contributed by atoms with E-state index in [1.807, 2.05) is 12.1 Å². The summed E-state index contributed by atoms with van der Waals surface area (Å²) in [6.07, 6.45) is 3.75. The highest BCUT2D eigenvalue weighted by Gasteiger charge is 2.54. The summed E-state index contributed by atoms with van der Waals surface area (Å²) < 4.78 is 12.1. The van der Waals surface area contributed by atoms with Gasteiger partial charge in [-0.05, 0) is 72.3 Å². The van der Waals surface area contributed by atoms with Gasteiger partial charge in [0.1, 0.15) is 0 Å². The van der Waals surface area contributed by atoms with Gasteiger partial charge >= 0.3 is 5.97 Å². The maximum absolute atomic E-state index is 11.9. The molecule has 0 radical (unpaired) electrons. The van der Waals surface area contributed by atoms with Gasteiger partial charge in [0.05, 0.1) is 17.3 Å². The van der Waals surface area contributed by atoms with Crippen LogP contribution in [-0.4, -0.2) is 17.9 Å². The number of aromatic carboxylic acids is 1. The topological polar surface area (TPSA) is 67.8 Å². The van der Waals surface area contributed by atoms with Gasteiger partial charge in [0.15, 0.2) is 11.5 Å². The van der Waals surface area contributed by atoms with E-state index in [1.165, 1.54) is 24.8 Å². The van der Waals surface area contributed by atoms with Crippen LogP contribution in [-0.2, 0) is 0 Å². The standard InChI is InChI=1S/C22H20BrNO4/c23-15-8-17-16(27-9-28-17)7-14(15)21-19-11-5-4-10(6-11)18(19)12-2-1-3-13(22(25)26)20(12)24-21/h1-3,7-8,10-11,18-19,21,24H,4-6,9H2,(H,25,26)/t10-,11-,18-,19+,21+/m0/s1. The number of carboxylic acid groups (broad SMARTS) is 1. The number of para-hydroxylation sites is 1. The van der Waals surface area contributed by atoms with E-state index in [-0.39, 0.29) is 12.8 Å². The van der Waals surface area contributed by atoms with E-state index in [9.17, 15) is 9.90 Å². The highest BCUT2D eigenvalue weighted by Crippen LogP contribution is 2.64. The van der Waals surface area contributed by atoms with Gasteiger partial charge in [-0.15, -0.1) is 0 Å². The number of hydrogen-bond donors (Lipinski definition) is 2. The summed E-state index contributed by atoms with van der Waals surface area (Å²) in [5, 5.41) is 13.4. The molecule has 0 saturated heterocycles. The number of halogens is 1. The third-order valence-electron chi connectivity index (χ3n) is 7.18. The molecule has 5 atom stereocenters. The fraction of sp³-hybridized carbons (Fsp3) is 0.409. The van der Waals surface area contributed by atoms with Crippen molar-refractivity contribution in [2.24, 2.45) is 17.8 Å².